The van der Waals surface area contributed by atoms with Crippen molar-refractivity contribution in [1.82, 2.24) is 0 Å². The second-order valence-electron chi connectivity index (χ2n) is 13.2. The van der Waals surface area contributed by atoms with Crippen LogP contribution in [0.5, 0.6) is 0 Å². The van der Waals surface area contributed by atoms with Crippen molar-refractivity contribution >= 4 is 22.1 Å². The first kappa shape index (κ1) is 28.6. The van der Waals surface area contributed by atoms with E-state index in [-0.39, 0.29) is 5.41 Å². The molecule has 9 rings (SSSR count). The zero-order valence-electron chi connectivity index (χ0n) is 26.9. The molecule has 0 fully saturated rings. The molecule has 0 radical (unpaired) electrons. The van der Waals surface area contributed by atoms with Crippen LogP contribution in [-0.2, 0) is 5.41 Å². The van der Waals surface area contributed by atoms with Crippen molar-refractivity contribution in [3.63, 3.8) is 0 Å². The average molecular weight is 616 g/mol. The van der Waals surface area contributed by atoms with Gasteiger partial charge in [0.25, 0.3) is 0 Å². The normalized spacial score (nSPS) is 22.2. The van der Waals surface area contributed by atoms with Crippen LogP contribution in [0.25, 0.3) is 10.8 Å². The molecule has 4 atom stereocenters. The topological polar surface area (TPSA) is 3.24 Å². The summed E-state index contributed by atoms with van der Waals surface area (Å²) in [5, 5.41) is 2.59. The summed E-state index contributed by atoms with van der Waals surface area (Å²) in [4.78, 5) is 2.40. The lowest BCUT2D eigenvalue weighted by atomic mass is 9.63. The third-order valence-corrected chi connectivity index (χ3v) is 10.7. The van der Waals surface area contributed by atoms with Gasteiger partial charge in [0.1, 0.15) is 0 Å². The summed E-state index contributed by atoms with van der Waals surface area (Å²) in [6.45, 7) is 0. The summed E-state index contributed by atoms with van der Waals surface area (Å²) in [6.07, 6.45) is 17.3. The van der Waals surface area contributed by atoms with Gasteiger partial charge < -0.3 is 4.90 Å². The van der Waals surface area contributed by atoms with Crippen molar-refractivity contribution in [2.45, 2.75) is 23.7 Å². The van der Waals surface area contributed by atoms with E-state index in [2.05, 4.69) is 199 Å². The van der Waals surface area contributed by atoms with Crippen molar-refractivity contribution < 1.29 is 0 Å². The molecule has 6 aromatic rings. The Kier molecular flexibility index (Phi) is 7.05. The molecule has 3 aliphatic carbocycles. The first-order chi connectivity index (χ1) is 23.8. The predicted octanol–water partition coefficient (Wildman–Crippen LogP) is 11.8. The monoisotopic (exact) mass is 615 g/mol. The van der Waals surface area contributed by atoms with E-state index in [0.717, 1.165) is 17.8 Å². The van der Waals surface area contributed by atoms with Gasteiger partial charge in [-0.2, -0.15) is 0 Å². The maximum absolute atomic E-state index is 2.44. The van der Waals surface area contributed by atoms with Gasteiger partial charge in [-0.25, -0.2) is 0 Å². The molecule has 230 valence electrons. The SMILES string of the molecule is C1=CC2c3ccccc3C(c3ccccc3)(c3ccc(N(C4=CCC(c5ccc6ccccc6c5)C=C4)c4ccccc4)cc3)C2C=C1. The second-order valence-corrected chi connectivity index (χ2v) is 13.2. The van der Waals surface area contributed by atoms with E-state index in [1.54, 1.807) is 0 Å². The molecular weight excluding hydrogens is 579 g/mol. The Morgan fingerprint density at radius 2 is 1.21 bits per heavy atom. The molecule has 0 aromatic heterocycles. The van der Waals surface area contributed by atoms with Crippen LogP contribution in [0.15, 0.2) is 200 Å². The Labute approximate surface area is 283 Å². The van der Waals surface area contributed by atoms with Crippen LogP contribution in [-0.4, -0.2) is 0 Å². The number of nitrogens with zero attached hydrogens (tertiary/aromatic N) is 1. The molecule has 0 N–H and O–H groups in total. The van der Waals surface area contributed by atoms with Crippen LogP contribution in [0, 0.1) is 5.92 Å². The lowest BCUT2D eigenvalue weighted by Crippen LogP contribution is -2.35. The Balaban J connectivity index is 1.11. The number of rotatable bonds is 6. The summed E-state index contributed by atoms with van der Waals surface area (Å²) in [5.41, 5.74) is 10.1. The molecule has 3 aliphatic rings. The van der Waals surface area contributed by atoms with Gasteiger partial charge in [-0.05, 0) is 75.4 Å². The van der Waals surface area contributed by atoms with E-state index >= 15 is 0 Å². The van der Waals surface area contributed by atoms with Crippen molar-refractivity contribution in [2.24, 2.45) is 5.92 Å². The van der Waals surface area contributed by atoms with Crippen molar-refractivity contribution in [1.29, 1.82) is 0 Å². The van der Waals surface area contributed by atoms with Crippen LogP contribution in [0.2, 0.25) is 0 Å². The number of anilines is 2. The number of fused-ring (bicyclic) bond motifs is 4. The average Bonchev–Trinajstić information content (AvgIpc) is 3.47. The van der Waals surface area contributed by atoms with E-state index in [4.69, 9.17) is 0 Å². The standard InChI is InChI=1S/C47H37N/c1-3-15-38(16-4-1)47(45-21-11-9-19-43(45)44-20-10-12-22-46(44)47)39-27-31-42(32-28-39)48(40-17-5-2-6-18-40)41-29-25-35(26-30-41)37-24-23-34-13-7-8-14-36(34)33-37/h1-25,27-33,35,43,45H,26H2. The maximum Gasteiger partial charge on any atom is 0.0525 e. The molecule has 48 heavy (non-hydrogen) atoms. The van der Waals surface area contributed by atoms with Gasteiger partial charge in [0.2, 0.25) is 0 Å². The lowest BCUT2D eigenvalue weighted by Gasteiger charge is -2.39. The van der Waals surface area contributed by atoms with Gasteiger partial charge in [0.05, 0.1) is 5.41 Å². The maximum atomic E-state index is 2.44. The molecule has 1 nitrogen and oxygen atoms in total. The first-order valence-electron chi connectivity index (χ1n) is 17.1. The molecule has 6 aromatic carbocycles. The quantitative estimate of drug-likeness (QED) is 0.180. The van der Waals surface area contributed by atoms with Gasteiger partial charge in [-0.1, -0.05) is 164 Å². The molecular formula is C47H37N. The highest BCUT2D eigenvalue weighted by atomic mass is 15.1. The van der Waals surface area contributed by atoms with Gasteiger partial charge in [-0.3, -0.25) is 0 Å². The van der Waals surface area contributed by atoms with Crippen molar-refractivity contribution in [2.75, 3.05) is 4.90 Å². The fourth-order valence-corrected chi connectivity index (χ4v) is 8.57. The van der Waals surface area contributed by atoms with E-state index in [1.165, 1.54) is 44.3 Å². The van der Waals surface area contributed by atoms with Crippen molar-refractivity contribution in [3.05, 3.63) is 228 Å². The number of hydrogen-bond acceptors (Lipinski definition) is 1. The molecule has 0 bridgehead atoms. The van der Waals surface area contributed by atoms with E-state index in [1.807, 2.05) is 0 Å². The Morgan fingerprint density at radius 3 is 2.00 bits per heavy atom. The highest BCUT2D eigenvalue weighted by Crippen LogP contribution is 2.59. The minimum Gasteiger partial charge on any atom is -0.311 e. The Hall–Kier alpha value is -5.66. The number of allylic oxidation sites excluding steroid dienone is 7. The first-order valence-corrected chi connectivity index (χ1v) is 17.1. The summed E-state index contributed by atoms with van der Waals surface area (Å²) >= 11 is 0. The van der Waals surface area contributed by atoms with Crippen LogP contribution in [0.4, 0.5) is 11.4 Å². The third kappa shape index (κ3) is 4.61. The summed E-state index contributed by atoms with van der Waals surface area (Å²) < 4.78 is 0. The zero-order chi connectivity index (χ0) is 31.9. The molecule has 1 heteroatoms. The Morgan fingerprint density at radius 1 is 0.542 bits per heavy atom. The van der Waals surface area contributed by atoms with Crippen molar-refractivity contribution in [3.8, 4) is 0 Å². The Bertz CT molecular complexity index is 2220. The number of hydrogen-bond donors (Lipinski definition) is 0. The molecule has 0 heterocycles. The van der Waals surface area contributed by atoms with Gasteiger partial charge >= 0.3 is 0 Å². The van der Waals surface area contributed by atoms with Crippen LogP contribution in [0.3, 0.4) is 0 Å². The molecule has 0 amide bonds. The van der Waals surface area contributed by atoms with Gasteiger partial charge in [-0.15, -0.1) is 0 Å². The van der Waals surface area contributed by atoms with E-state index in [9.17, 15) is 0 Å². The second kappa shape index (κ2) is 11.9. The third-order valence-electron chi connectivity index (χ3n) is 10.7. The highest BCUT2D eigenvalue weighted by Gasteiger charge is 2.52. The van der Waals surface area contributed by atoms with Crippen LogP contribution < -0.4 is 4.90 Å². The van der Waals surface area contributed by atoms with E-state index in [0.29, 0.717) is 17.8 Å². The zero-order valence-corrected chi connectivity index (χ0v) is 26.9. The number of benzene rings is 6. The fourth-order valence-electron chi connectivity index (χ4n) is 8.57. The van der Waals surface area contributed by atoms with Crippen LogP contribution >= 0.6 is 0 Å². The smallest absolute Gasteiger partial charge is 0.0525 e. The molecule has 0 aliphatic heterocycles. The summed E-state index contributed by atoms with van der Waals surface area (Å²) in [5.74, 6) is 1.01. The van der Waals surface area contributed by atoms with E-state index < -0.39 is 0 Å². The molecule has 0 saturated carbocycles. The van der Waals surface area contributed by atoms with Gasteiger partial charge in [0.15, 0.2) is 0 Å². The van der Waals surface area contributed by atoms with Crippen LogP contribution in [0.1, 0.15) is 46.1 Å². The summed E-state index contributed by atoms with van der Waals surface area (Å²) in [7, 11) is 0. The largest absolute Gasteiger partial charge is 0.311 e. The predicted molar refractivity (Wildman–Crippen MR) is 201 cm³/mol. The van der Waals surface area contributed by atoms with Gasteiger partial charge in [0, 0.05) is 34.8 Å². The molecule has 0 saturated heterocycles. The summed E-state index contributed by atoms with van der Waals surface area (Å²) in [6, 6.07) is 55.9. The minimum absolute atomic E-state index is 0.281. The highest BCUT2D eigenvalue weighted by molar-refractivity contribution is 5.83. The number of para-hydroxylation sites is 1. The minimum atomic E-state index is -0.281. The lowest BCUT2D eigenvalue weighted by molar-refractivity contribution is 0.457. The molecule has 0 spiro atoms. The fraction of sp³-hybridized carbons (Fsp3) is 0.106. The molecule has 4 unspecified atom stereocenters.